The van der Waals surface area contributed by atoms with Gasteiger partial charge in [0.2, 0.25) is 0 Å². The number of rotatable bonds is 7. The van der Waals surface area contributed by atoms with Crippen LogP contribution in [0.1, 0.15) is 12.5 Å². The molecule has 0 unspecified atom stereocenters. The highest BCUT2D eigenvalue weighted by molar-refractivity contribution is 8.18. The number of hydrogen-bond donors (Lipinski definition) is 1. The molecule has 1 heterocycles. The summed E-state index contributed by atoms with van der Waals surface area (Å²) in [7, 11) is 1.20. The molecule has 1 aliphatic rings. The Balaban J connectivity index is 1.59. The van der Waals surface area contributed by atoms with Crippen molar-refractivity contribution >= 4 is 46.5 Å². The standard InChI is InChI=1S/C22H20N2O6S/c1-14(21(27)29-2)24-20(26)18(31-22(24)28)12-15-8-10-17(11-9-15)30-13-19(25)23-16-6-4-3-5-7-16/h3-12,14H,13H2,1-2H3,(H,23,25)/b18-12+/t14-/m1/s1. The van der Waals surface area contributed by atoms with E-state index in [0.29, 0.717) is 17.0 Å². The molecule has 1 fully saturated rings. The monoisotopic (exact) mass is 440 g/mol. The number of nitrogens with one attached hydrogen (secondary N) is 1. The molecule has 0 saturated carbocycles. The van der Waals surface area contributed by atoms with Gasteiger partial charge >= 0.3 is 5.97 Å². The molecule has 31 heavy (non-hydrogen) atoms. The Hall–Kier alpha value is -3.59. The highest BCUT2D eigenvalue weighted by Gasteiger charge is 2.41. The molecule has 2 aromatic rings. The second-order valence-electron chi connectivity index (χ2n) is 6.52. The number of benzene rings is 2. The summed E-state index contributed by atoms with van der Waals surface area (Å²) < 4.78 is 10.1. The Kier molecular flexibility index (Phi) is 7.09. The zero-order valence-corrected chi connectivity index (χ0v) is 17.7. The second-order valence-corrected chi connectivity index (χ2v) is 7.52. The van der Waals surface area contributed by atoms with E-state index in [4.69, 9.17) is 4.74 Å². The predicted octanol–water partition coefficient (Wildman–Crippen LogP) is 3.30. The van der Waals surface area contributed by atoms with E-state index in [9.17, 15) is 19.2 Å². The lowest BCUT2D eigenvalue weighted by molar-refractivity contribution is -0.148. The molecule has 0 radical (unpaired) electrons. The molecule has 3 amide bonds. The van der Waals surface area contributed by atoms with Crippen LogP contribution in [0.4, 0.5) is 10.5 Å². The minimum atomic E-state index is -0.999. The number of imide groups is 1. The summed E-state index contributed by atoms with van der Waals surface area (Å²) in [6, 6.07) is 14.8. The van der Waals surface area contributed by atoms with Crippen LogP contribution in [0.25, 0.3) is 6.08 Å². The molecule has 9 heteroatoms. The van der Waals surface area contributed by atoms with Crippen LogP contribution >= 0.6 is 11.8 Å². The Morgan fingerprint density at radius 2 is 1.77 bits per heavy atom. The fourth-order valence-electron chi connectivity index (χ4n) is 2.77. The molecule has 160 valence electrons. The molecule has 1 N–H and O–H groups in total. The third-order valence-electron chi connectivity index (χ3n) is 4.36. The number of para-hydroxylation sites is 1. The molecule has 8 nitrogen and oxygen atoms in total. The summed E-state index contributed by atoms with van der Waals surface area (Å²) >= 11 is 0.759. The number of esters is 1. The van der Waals surface area contributed by atoms with Gasteiger partial charge in [0.25, 0.3) is 17.1 Å². The van der Waals surface area contributed by atoms with Crippen molar-refractivity contribution in [2.45, 2.75) is 13.0 Å². The molecule has 0 spiro atoms. The van der Waals surface area contributed by atoms with Crippen LogP contribution in [0, 0.1) is 0 Å². The average molecular weight is 440 g/mol. The molecule has 2 aromatic carbocycles. The fourth-order valence-corrected chi connectivity index (χ4v) is 3.68. The molecule has 3 rings (SSSR count). The summed E-state index contributed by atoms with van der Waals surface area (Å²) in [6.07, 6.45) is 1.56. The van der Waals surface area contributed by atoms with Crippen molar-refractivity contribution in [3.8, 4) is 5.75 Å². The van der Waals surface area contributed by atoms with Gasteiger partial charge in [0, 0.05) is 5.69 Å². The van der Waals surface area contributed by atoms with Crippen LogP contribution < -0.4 is 10.1 Å². The van der Waals surface area contributed by atoms with Gasteiger partial charge in [-0.05, 0) is 54.6 Å². The maximum Gasteiger partial charge on any atom is 0.328 e. The van der Waals surface area contributed by atoms with Crippen LogP contribution in [0.2, 0.25) is 0 Å². The van der Waals surface area contributed by atoms with E-state index >= 15 is 0 Å². The Morgan fingerprint density at radius 3 is 2.42 bits per heavy atom. The van der Waals surface area contributed by atoms with E-state index < -0.39 is 23.2 Å². The van der Waals surface area contributed by atoms with Crippen molar-refractivity contribution in [1.29, 1.82) is 0 Å². The number of hydrogen-bond acceptors (Lipinski definition) is 7. The number of carbonyl (C=O) groups excluding carboxylic acids is 4. The summed E-state index contributed by atoms with van der Waals surface area (Å²) in [5.74, 6) is -1.02. The highest BCUT2D eigenvalue weighted by Crippen LogP contribution is 2.34. The first-order valence-corrected chi connectivity index (χ1v) is 10.1. The molecule has 0 bridgehead atoms. The fraction of sp³-hybridized carbons (Fsp3) is 0.182. The smallest absolute Gasteiger partial charge is 0.328 e. The van der Waals surface area contributed by atoms with Crippen molar-refractivity contribution in [3.63, 3.8) is 0 Å². The van der Waals surface area contributed by atoms with Gasteiger partial charge in [-0.1, -0.05) is 30.3 Å². The van der Waals surface area contributed by atoms with Gasteiger partial charge in [0.15, 0.2) is 6.61 Å². The summed E-state index contributed by atoms with van der Waals surface area (Å²) in [5.41, 5.74) is 1.35. The Bertz CT molecular complexity index is 1020. The third kappa shape index (κ3) is 5.52. The number of carbonyl (C=O) groups is 4. The van der Waals surface area contributed by atoms with Gasteiger partial charge in [0.1, 0.15) is 11.8 Å². The summed E-state index contributed by atoms with van der Waals surface area (Å²) in [5, 5.41) is 2.19. The highest BCUT2D eigenvalue weighted by atomic mass is 32.2. The Morgan fingerprint density at radius 1 is 1.10 bits per heavy atom. The van der Waals surface area contributed by atoms with Gasteiger partial charge in [0.05, 0.1) is 12.0 Å². The minimum Gasteiger partial charge on any atom is -0.484 e. The maximum absolute atomic E-state index is 12.5. The van der Waals surface area contributed by atoms with E-state index in [1.165, 1.54) is 14.0 Å². The van der Waals surface area contributed by atoms with E-state index in [-0.39, 0.29) is 17.4 Å². The largest absolute Gasteiger partial charge is 0.484 e. The maximum atomic E-state index is 12.5. The van der Waals surface area contributed by atoms with Crippen LogP contribution in [0.5, 0.6) is 5.75 Å². The number of anilines is 1. The van der Waals surface area contributed by atoms with E-state index in [1.54, 1.807) is 42.5 Å². The Labute approximate surface area is 183 Å². The zero-order chi connectivity index (χ0) is 22.4. The summed E-state index contributed by atoms with van der Waals surface area (Å²) in [6.45, 7) is 1.28. The number of thioether (sulfide) groups is 1. The van der Waals surface area contributed by atoms with Gasteiger partial charge in [-0.2, -0.15) is 0 Å². The van der Waals surface area contributed by atoms with E-state index in [1.807, 2.05) is 18.2 Å². The molecule has 1 atom stereocenters. The van der Waals surface area contributed by atoms with Crippen molar-refractivity contribution in [2.24, 2.45) is 0 Å². The topological polar surface area (TPSA) is 102 Å². The van der Waals surface area contributed by atoms with Crippen molar-refractivity contribution < 1.29 is 28.7 Å². The van der Waals surface area contributed by atoms with Gasteiger partial charge in [-0.3, -0.25) is 19.3 Å². The van der Waals surface area contributed by atoms with Crippen molar-refractivity contribution in [1.82, 2.24) is 4.90 Å². The molecule has 0 aromatic heterocycles. The molecular formula is C22H20N2O6S. The van der Waals surface area contributed by atoms with Gasteiger partial charge in [-0.15, -0.1) is 0 Å². The first kappa shape index (κ1) is 22.1. The lowest BCUT2D eigenvalue weighted by Crippen LogP contribution is -2.42. The van der Waals surface area contributed by atoms with Crippen LogP contribution in [-0.4, -0.2) is 47.7 Å². The molecule has 1 saturated heterocycles. The lowest BCUT2D eigenvalue weighted by Gasteiger charge is -2.18. The van der Waals surface area contributed by atoms with E-state index in [2.05, 4.69) is 10.1 Å². The zero-order valence-electron chi connectivity index (χ0n) is 16.9. The first-order chi connectivity index (χ1) is 14.9. The quantitative estimate of drug-likeness (QED) is 0.521. The van der Waals surface area contributed by atoms with Crippen LogP contribution in [0.15, 0.2) is 59.5 Å². The normalized spacial score (nSPS) is 15.7. The number of nitrogens with zero attached hydrogens (tertiary/aromatic N) is 1. The lowest BCUT2D eigenvalue weighted by atomic mass is 10.2. The van der Waals surface area contributed by atoms with Crippen LogP contribution in [0.3, 0.4) is 0 Å². The second kappa shape index (κ2) is 9.94. The SMILES string of the molecule is COC(=O)[C@@H](C)N1C(=O)S/C(=C/c2ccc(OCC(=O)Nc3ccccc3)cc2)C1=O. The summed E-state index contributed by atoms with van der Waals surface area (Å²) in [4.78, 5) is 49.4. The number of methoxy groups -OCH3 is 1. The van der Waals surface area contributed by atoms with Crippen LogP contribution in [-0.2, 0) is 19.1 Å². The predicted molar refractivity (Wildman–Crippen MR) is 116 cm³/mol. The molecule has 0 aliphatic carbocycles. The minimum absolute atomic E-state index is 0.154. The van der Waals surface area contributed by atoms with Crippen molar-refractivity contribution in [2.75, 3.05) is 19.0 Å². The van der Waals surface area contributed by atoms with Crippen molar-refractivity contribution in [3.05, 3.63) is 65.1 Å². The van der Waals surface area contributed by atoms with Gasteiger partial charge in [-0.25, -0.2) is 4.79 Å². The number of ether oxygens (including phenoxy) is 2. The molecular weight excluding hydrogens is 420 g/mol. The number of amides is 3. The average Bonchev–Trinajstić information content (AvgIpc) is 3.05. The first-order valence-electron chi connectivity index (χ1n) is 9.31. The third-order valence-corrected chi connectivity index (χ3v) is 5.24. The molecule has 1 aliphatic heterocycles. The van der Waals surface area contributed by atoms with E-state index in [0.717, 1.165) is 16.7 Å². The van der Waals surface area contributed by atoms with Gasteiger partial charge < -0.3 is 14.8 Å².